The zero-order chi connectivity index (χ0) is 18.4. The molecule has 0 unspecified atom stereocenters. The molecule has 0 bridgehead atoms. The van der Waals surface area contributed by atoms with Crippen LogP contribution >= 0.6 is 0 Å². The van der Waals surface area contributed by atoms with Crippen molar-refractivity contribution in [1.82, 2.24) is 25.1 Å². The van der Waals surface area contributed by atoms with Gasteiger partial charge in [-0.3, -0.25) is 9.78 Å². The minimum Gasteiger partial charge on any atom is -0.420 e. The smallest absolute Gasteiger partial charge is 0.267 e. The van der Waals surface area contributed by atoms with Crippen LogP contribution in [0.2, 0.25) is 0 Å². The van der Waals surface area contributed by atoms with Gasteiger partial charge in [0.25, 0.3) is 5.89 Å². The lowest BCUT2D eigenvalue weighted by Gasteiger charge is -2.09. The largest absolute Gasteiger partial charge is 0.420 e. The fourth-order valence-electron chi connectivity index (χ4n) is 3.12. The number of benzene rings is 1. The maximum Gasteiger partial charge on any atom is 0.267 e. The van der Waals surface area contributed by atoms with E-state index in [9.17, 15) is 4.79 Å². The first-order chi connectivity index (χ1) is 13.2. The summed E-state index contributed by atoms with van der Waals surface area (Å²) < 4.78 is 5.61. The van der Waals surface area contributed by atoms with Gasteiger partial charge in [0.15, 0.2) is 5.43 Å². The van der Waals surface area contributed by atoms with Gasteiger partial charge in [0.2, 0.25) is 5.89 Å². The molecular weight excluding hydrogens is 342 g/mol. The summed E-state index contributed by atoms with van der Waals surface area (Å²) >= 11 is 0. The average Bonchev–Trinajstić information content (AvgIpc) is 3.13. The Morgan fingerprint density at radius 1 is 1.07 bits per heavy atom. The van der Waals surface area contributed by atoms with Crippen molar-refractivity contribution in [3.63, 3.8) is 0 Å². The lowest BCUT2D eigenvalue weighted by Crippen LogP contribution is -2.03. The summed E-state index contributed by atoms with van der Waals surface area (Å²) in [5, 5.41) is 9.51. The first kappa shape index (κ1) is 15.4. The van der Waals surface area contributed by atoms with E-state index in [4.69, 9.17) is 4.42 Å². The van der Waals surface area contributed by atoms with Crippen LogP contribution in [-0.4, -0.2) is 25.1 Å². The molecule has 4 aromatic heterocycles. The van der Waals surface area contributed by atoms with Gasteiger partial charge in [-0.2, -0.15) is 0 Å². The van der Waals surface area contributed by atoms with E-state index < -0.39 is 0 Å². The highest BCUT2D eigenvalue weighted by molar-refractivity contribution is 5.92. The number of hydrogen-bond acceptors (Lipinski definition) is 6. The number of nitrogens with one attached hydrogen (secondary N) is 1. The third kappa shape index (κ3) is 2.56. The minimum absolute atomic E-state index is 0.104. The standard InChI is InChI=1S/C20H13N5O2/c1-11-24-25-20(27-11)18-14(10-15-17(26)6-8-22-19(15)23-18)12-4-5-16-13(9-12)3-2-7-21-16/h2-10H,1H3,(H,22,23,26). The van der Waals surface area contributed by atoms with Crippen LogP contribution in [0.25, 0.3) is 44.6 Å². The fourth-order valence-corrected chi connectivity index (χ4v) is 3.12. The molecule has 0 fully saturated rings. The van der Waals surface area contributed by atoms with Crippen LogP contribution in [0.1, 0.15) is 5.89 Å². The number of aromatic amines is 1. The van der Waals surface area contributed by atoms with E-state index in [1.54, 1.807) is 19.3 Å². The lowest BCUT2D eigenvalue weighted by atomic mass is 10.00. The van der Waals surface area contributed by atoms with E-state index in [2.05, 4.69) is 25.1 Å². The van der Waals surface area contributed by atoms with Gasteiger partial charge in [-0.15, -0.1) is 10.2 Å². The molecule has 0 amide bonds. The predicted molar refractivity (Wildman–Crippen MR) is 101 cm³/mol. The van der Waals surface area contributed by atoms with Crippen LogP contribution in [0.3, 0.4) is 0 Å². The second kappa shape index (κ2) is 5.84. The molecule has 5 aromatic rings. The molecule has 0 aliphatic carbocycles. The van der Waals surface area contributed by atoms with Gasteiger partial charge in [0, 0.05) is 36.3 Å². The number of rotatable bonds is 2. The van der Waals surface area contributed by atoms with Crippen LogP contribution in [0.4, 0.5) is 0 Å². The van der Waals surface area contributed by atoms with Crippen molar-refractivity contribution in [3.8, 4) is 22.7 Å². The second-order valence-electron chi connectivity index (χ2n) is 6.16. The third-order valence-corrected chi connectivity index (χ3v) is 4.39. The molecule has 1 N–H and O–H groups in total. The third-order valence-electron chi connectivity index (χ3n) is 4.39. The van der Waals surface area contributed by atoms with Crippen LogP contribution in [0, 0.1) is 6.92 Å². The topological polar surface area (TPSA) is 97.6 Å². The summed E-state index contributed by atoms with van der Waals surface area (Å²) in [6.07, 6.45) is 3.33. The zero-order valence-electron chi connectivity index (χ0n) is 14.3. The molecule has 0 aliphatic heterocycles. The number of aromatic nitrogens is 5. The SMILES string of the molecule is Cc1nnc(-c2nc3[nH]ccc(=O)c3cc2-c2ccc3ncccc3c2)o1. The Morgan fingerprint density at radius 2 is 2.00 bits per heavy atom. The van der Waals surface area contributed by atoms with Gasteiger partial charge in [-0.05, 0) is 29.8 Å². The summed E-state index contributed by atoms with van der Waals surface area (Å²) in [5.74, 6) is 0.752. The summed E-state index contributed by atoms with van der Waals surface area (Å²) in [4.78, 5) is 24.3. The Bertz CT molecular complexity index is 1370. The normalized spacial score (nSPS) is 11.3. The minimum atomic E-state index is -0.104. The molecule has 4 heterocycles. The predicted octanol–water partition coefficient (Wildman–Crippen LogP) is 3.50. The number of nitrogens with zero attached hydrogens (tertiary/aromatic N) is 4. The Morgan fingerprint density at radius 3 is 2.85 bits per heavy atom. The fraction of sp³-hybridized carbons (Fsp3) is 0.0500. The van der Waals surface area contributed by atoms with Gasteiger partial charge in [-0.1, -0.05) is 12.1 Å². The van der Waals surface area contributed by atoms with Crippen LogP contribution in [-0.2, 0) is 0 Å². The van der Waals surface area contributed by atoms with Crippen molar-refractivity contribution in [2.45, 2.75) is 6.92 Å². The number of fused-ring (bicyclic) bond motifs is 2. The molecule has 1 aromatic carbocycles. The van der Waals surface area contributed by atoms with E-state index in [1.807, 2.05) is 36.4 Å². The molecule has 7 nitrogen and oxygen atoms in total. The first-order valence-corrected chi connectivity index (χ1v) is 8.37. The van der Waals surface area contributed by atoms with Crippen LogP contribution in [0.5, 0.6) is 0 Å². The van der Waals surface area contributed by atoms with Crippen molar-refractivity contribution in [2.75, 3.05) is 0 Å². The molecule has 0 saturated carbocycles. The van der Waals surface area contributed by atoms with Gasteiger partial charge < -0.3 is 9.40 Å². The lowest BCUT2D eigenvalue weighted by molar-refractivity contribution is 0.531. The second-order valence-corrected chi connectivity index (χ2v) is 6.16. The summed E-state index contributed by atoms with van der Waals surface area (Å²) in [6.45, 7) is 1.72. The molecule has 27 heavy (non-hydrogen) atoms. The van der Waals surface area contributed by atoms with Gasteiger partial charge in [0.05, 0.1) is 10.9 Å². The Kier molecular flexibility index (Phi) is 3.33. The molecule has 0 spiro atoms. The quantitative estimate of drug-likeness (QED) is 0.520. The molecule has 130 valence electrons. The zero-order valence-corrected chi connectivity index (χ0v) is 14.3. The maximum atomic E-state index is 12.3. The molecule has 7 heteroatoms. The molecule has 0 aliphatic rings. The Hall–Kier alpha value is -3.87. The Balaban J connectivity index is 1.85. The molecule has 0 saturated heterocycles. The van der Waals surface area contributed by atoms with Crippen molar-refractivity contribution in [1.29, 1.82) is 0 Å². The van der Waals surface area contributed by atoms with E-state index in [1.165, 1.54) is 6.07 Å². The highest BCUT2D eigenvalue weighted by Crippen LogP contribution is 2.33. The summed E-state index contributed by atoms with van der Waals surface area (Å²) in [5.41, 5.74) is 3.41. The van der Waals surface area contributed by atoms with Crippen LogP contribution < -0.4 is 5.43 Å². The van der Waals surface area contributed by atoms with E-state index in [0.29, 0.717) is 28.5 Å². The van der Waals surface area contributed by atoms with E-state index in [-0.39, 0.29) is 5.43 Å². The highest BCUT2D eigenvalue weighted by atomic mass is 16.4. The molecule has 0 atom stereocenters. The average molecular weight is 355 g/mol. The van der Waals surface area contributed by atoms with E-state index >= 15 is 0 Å². The van der Waals surface area contributed by atoms with Crippen molar-refractivity contribution in [2.24, 2.45) is 0 Å². The Labute approximate surface area is 152 Å². The summed E-state index contributed by atoms with van der Waals surface area (Å²) in [7, 11) is 0. The molecule has 0 radical (unpaired) electrons. The van der Waals surface area contributed by atoms with Crippen molar-refractivity contribution >= 4 is 21.9 Å². The monoisotopic (exact) mass is 355 g/mol. The van der Waals surface area contributed by atoms with Crippen molar-refractivity contribution < 1.29 is 4.42 Å². The first-order valence-electron chi connectivity index (χ1n) is 8.37. The summed E-state index contributed by atoms with van der Waals surface area (Å²) in [6, 6.07) is 13.1. The molecule has 5 rings (SSSR count). The van der Waals surface area contributed by atoms with E-state index in [0.717, 1.165) is 22.0 Å². The highest BCUT2D eigenvalue weighted by Gasteiger charge is 2.18. The van der Waals surface area contributed by atoms with Gasteiger partial charge >= 0.3 is 0 Å². The van der Waals surface area contributed by atoms with Gasteiger partial charge in [0.1, 0.15) is 11.3 Å². The van der Waals surface area contributed by atoms with Gasteiger partial charge in [-0.25, -0.2) is 4.98 Å². The molecular formula is C20H13N5O2. The van der Waals surface area contributed by atoms with Crippen molar-refractivity contribution in [3.05, 3.63) is 71.0 Å². The van der Waals surface area contributed by atoms with Crippen LogP contribution in [0.15, 0.2) is 64.1 Å². The number of hydrogen-bond donors (Lipinski definition) is 1. The maximum absolute atomic E-state index is 12.3. The number of H-pyrrole nitrogens is 1. The number of aryl methyl sites for hydroxylation is 1. The number of pyridine rings is 3.